The smallest absolute Gasteiger partial charge is 0.269 e. The molecular formula is C62H43N5O. The van der Waals surface area contributed by atoms with Crippen molar-refractivity contribution in [2.75, 3.05) is 0 Å². The highest BCUT2D eigenvalue weighted by atomic mass is 16.5. The summed E-state index contributed by atoms with van der Waals surface area (Å²) in [6.07, 6.45) is 5.84. The van der Waals surface area contributed by atoms with Crippen LogP contribution < -0.4 is 9.30 Å². The molecule has 322 valence electrons. The van der Waals surface area contributed by atoms with E-state index in [1.807, 2.05) is 66.1 Å². The van der Waals surface area contributed by atoms with Gasteiger partial charge in [-0.25, -0.2) is 4.98 Å². The van der Waals surface area contributed by atoms with Crippen LogP contribution in [0.15, 0.2) is 230 Å². The Morgan fingerprint density at radius 1 is 0.515 bits per heavy atom. The number of rotatable bonds is 9. The maximum Gasteiger partial charge on any atom is 0.269 e. The zero-order valence-electron chi connectivity index (χ0n) is 53.9. The molecule has 0 spiro atoms. The molecule has 0 fully saturated rings. The van der Waals surface area contributed by atoms with Crippen molar-refractivity contribution in [3.05, 3.63) is 242 Å². The average Bonchev–Trinajstić information content (AvgIpc) is 2.37. The minimum atomic E-state index is -0.607. The Kier molecular flexibility index (Phi) is 5.95. The number of ether oxygens (including phenoxy) is 1. The van der Waals surface area contributed by atoms with Crippen LogP contribution in [0.25, 0.3) is 99.8 Å². The second-order valence-electron chi connectivity index (χ2n) is 15.9. The van der Waals surface area contributed by atoms with E-state index in [4.69, 9.17) is 34.4 Å². The van der Waals surface area contributed by atoms with Crippen LogP contribution in [-0.2, 0) is 6.42 Å². The monoisotopic (exact) mass is 891 g/mol. The largest absolute Gasteiger partial charge is 0.458 e. The molecule has 4 heterocycles. The standard InChI is InChI=1S/C62H43N5O/c1-2-42-35-36-63-61(37-42)67-57-34-31-46(66-55-27-11-9-23-51(55)52-24-10-12-28-56(52)66)39-54(57)53-33-32-48(40-60(53)67)68-47-22-15-21-45(38-47)64-41-65(59-30-14-13-29-58(59)64)62-49(43-17-5-3-6-18-43)25-16-26-50(62)44-19-7-4-8-20-44/h3-40H,2H2,1H3/i3D,4D,5D,6D,7D,8D,9D,10D,11D,12D,17D,18D,19D,20D,23D,24D,27D,28D. The van der Waals surface area contributed by atoms with Crippen LogP contribution in [-0.4, -0.2) is 18.7 Å². The molecule has 13 rings (SSSR count). The van der Waals surface area contributed by atoms with Crippen molar-refractivity contribution in [1.29, 1.82) is 0 Å². The SMILES string of the molecule is [2H]c1c([2H])c([2H])c(-c2cccc(-c3c([2H])c([2H])c([2H])c([2H])c3[2H])c2-[n+]2[c-]n(-c3cccc(Oc4ccc5c6cc(-n7c8c([2H])c([2H])c([2H])c([2H])c8c8c([2H])c([2H])c([2H])c([2H])c87)ccc6n(-c6cc(CC)ccn6)c5c4)c3)c3ccccc32)c([2H])c1[2H]. The quantitative estimate of drug-likeness (QED) is 0.107. The summed E-state index contributed by atoms with van der Waals surface area (Å²) in [5.74, 6) is 1.38. The Bertz CT molecular complexity index is 4930. The van der Waals surface area contributed by atoms with Gasteiger partial charge in [0.05, 0.1) is 69.1 Å². The molecule has 0 unspecified atom stereocenters. The Morgan fingerprint density at radius 2 is 1.19 bits per heavy atom. The summed E-state index contributed by atoms with van der Waals surface area (Å²) in [4.78, 5) is 4.81. The van der Waals surface area contributed by atoms with Gasteiger partial charge in [0.1, 0.15) is 17.3 Å². The van der Waals surface area contributed by atoms with Gasteiger partial charge in [0, 0.05) is 39.5 Å². The van der Waals surface area contributed by atoms with Crippen LogP contribution in [0, 0.1) is 6.33 Å². The molecule has 0 aliphatic carbocycles. The first-order valence-electron chi connectivity index (χ1n) is 30.7. The maximum atomic E-state index is 9.12. The second kappa shape index (κ2) is 16.2. The van der Waals surface area contributed by atoms with Gasteiger partial charge in [0.15, 0.2) is 0 Å². The lowest BCUT2D eigenvalue weighted by molar-refractivity contribution is -0.571. The van der Waals surface area contributed by atoms with E-state index in [9.17, 15) is 0 Å². The average molecular weight is 892 g/mol. The van der Waals surface area contributed by atoms with Crippen molar-refractivity contribution in [1.82, 2.24) is 18.7 Å². The molecule has 13 aromatic rings. The van der Waals surface area contributed by atoms with Gasteiger partial charge in [-0.3, -0.25) is 13.7 Å². The van der Waals surface area contributed by atoms with Crippen molar-refractivity contribution >= 4 is 54.6 Å². The molecular weight excluding hydrogens is 831 g/mol. The van der Waals surface area contributed by atoms with Crippen molar-refractivity contribution < 1.29 is 34.0 Å². The lowest BCUT2D eigenvalue weighted by atomic mass is 9.95. The lowest BCUT2D eigenvalue weighted by Gasteiger charge is -2.17. The van der Waals surface area contributed by atoms with E-state index in [0.717, 1.165) is 10.9 Å². The van der Waals surface area contributed by atoms with E-state index in [2.05, 4.69) is 6.33 Å². The van der Waals surface area contributed by atoms with Gasteiger partial charge in [-0.1, -0.05) is 152 Å². The van der Waals surface area contributed by atoms with Gasteiger partial charge in [-0.2, -0.15) is 0 Å². The van der Waals surface area contributed by atoms with Crippen molar-refractivity contribution in [3.8, 4) is 56.6 Å². The summed E-state index contributed by atoms with van der Waals surface area (Å²) >= 11 is 0. The molecule has 4 aromatic heterocycles. The van der Waals surface area contributed by atoms with Gasteiger partial charge in [-0.05, 0) is 107 Å². The molecule has 0 radical (unpaired) electrons. The number of aromatic nitrogens is 5. The highest BCUT2D eigenvalue weighted by Crippen LogP contribution is 2.39. The minimum absolute atomic E-state index is 0.00656. The molecule has 6 nitrogen and oxygen atoms in total. The minimum Gasteiger partial charge on any atom is -0.458 e. The number of nitrogens with zero attached hydrogens (tertiary/aromatic N) is 5. The number of hydrogen-bond acceptors (Lipinski definition) is 2. The number of imidazole rings is 1. The summed E-state index contributed by atoms with van der Waals surface area (Å²) in [6, 6.07) is 24.3. The van der Waals surface area contributed by atoms with Crippen LogP contribution in [0.3, 0.4) is 0 Å². The van der Waals surface area contributed by atoms with Crippen LogP contribution >= 0.6 is 0 Å². The Balaban J connectivity index is 0.980. The Morgan fingerprint density at radius 3 is 1.93 bits per heavy atom. The molecule has 0 N–H and O–H groups in total. The molecule has 0 saturated heterocycles. The Labute approximate surface area is 418 Å². The van der Waals surface area contributed by atoms with Gasteiger partial charge in [0.2, 0.25) is 0 Å². The van der Waals surface area contributed by atoms with Gasteiger partial charge >= 0.3 is 0 Å². The number of benzene rings is 9. The van der Waals surface area contributed by atoms with E-state index in [1.165, 1.54) is 10.6 Å². The van der Waals surface area contributed by atoms with E-state index in [0.29, 0.717) is 62.6 Å². The van der Waals surface area contributed by atoms with Gasteiger partial charge < -0.3 is 9.30 Å². The topological polar surface area (TPSA) is 40.8 Å². The molecule has 6 heteroatoms. The fraction of sp³-hybridized carbons (Fsp3) is 0.0323. The van der Waals surface area contributed by atoms with Crippen LogP contribution in [0.4, 0.5) is 0 Å². The number of fused-ring (bicyclic) bond motifs is 7. The number of pyridine rings is 1. The summed E-state index contributed by atoms with van der Waals surface area (Å²) in [5.41, 5.74) is 4.28. The van der Waals surface area contributed by atoms with Crippen molar-refractivity contribution in [3.63, 3.8) is 0 Å². The van der Waals surface area contributed by atoms with Crippen LogP contribution in [0.1, 0.15) is 37.2 Å². The fourth-order valence-electron chi connectivity index (χ4n) is 9.12. The first kappa shape index (κ1) is 25.1. The zero-order chi connectivity index (χ0) is 60.8. The van der Waals surface area contributed by atoms with E-state index in [1.54, 1.807) is 69.9 Å². The first-order valence-corrected chi connectivity index (χ1v) is 21.7. The highest BCUT2D eigenvalue weighted by molar-refractivity contribution is 6.12. The molecule has 0 bridgehead atoms. The third kappa shape index (κ3) is 6.49. The van der Waals surface area contributed by atoms with Crippen LogP contribution in [0.2, 0.25) is 0 Å². The summed E-state index contributed by atoms with van der Waals surface area (Å²) in [7, 11) is 0. The molecule has 68 heavy (non-hydrogen) atoms. The van der Waals surface area contributed by atoms with Crippen molar-refractivity contribution in [2.24, 2.45) is 0 Å². The molecule has 0 aliphatic rings. The fourth-order valence-corrected chi connectivity index (χ4v) is 9.12. The van der Waals surface area contributed by atoms with Gasteiger partial charge in [-0.15, -0.1) is 0 Å². The Hall–Kier alpha value is -9.00. The van der Waals surface area contributed by atoms with E-state index < -0.39 is 109 Å². The van der Waals surface area contributed by atoms with Gasteiger partial charge in [0.25, 0.3) is 6.33 Å². The molecule has 0 saturated carbocycles. The summed E-state index contributed by atoms with van der Waals surface area (Å²) in [6.45, 7) is 2.03. The van der Waals surface area contributed by atoms with E-state index >= 15 is 0 Å². The maximum absolute atomic E-state index is 9.12. The summed E-state index contributed by atoms with van der Waals surface area (Å²) < 4.78 is 171. The number of hydrogen-bond donors (Lipinski definition) is 0. The number of aryl methyl sites for hydroxylation is 1. The van der Waals surface area contributed by atoms with Crippen molar-refractivity contribution in [2.45, 2.75) is 13.3 Å². The number of para-hydroxylation sites is 5. The highest BCUT2D eigenvalue weighted by Gasteiger charge is 2.21. The third-order valence-electron chi connectivity index (χ3n) is 12.1. The first-order chi connectivity index (χ1) is 41.1. The normalized spacial score (nSPS) is 15.4. The predicted molar refractivity (Wildman–Crippen MR) is 277 cm³/mol. The lowest BCUT2D eigenvalue weighted by Crippen LogP contribution is -2.31. The third-order valence-corrected chi connectivity index (χ3v) is 12.1. The molecule has 9 aromatic carbocycles. The molecule has 0 amide bonds. The van der Waals surface area contributed by atoms with E-state index in [-0.39, 0.29) is 49.7 Å². The predicted octanol–water partition coefficient (Wildman–Crippen LogP) is 15.0. The molecule has 0 atom stereocenters. The van der Waals surface area contributed by atoms with Crippen LogP contribution in [0.5, 0.6) is 11.5 Å². The summed E-state index contributed by atoms with van der Waals surface area (Å²) in [5, 5.41) is 1.33. The second-order valence-corrected chi connectivity index (χ2v) is 15.9. The molecule has 0 aliphatic heterocycles. The zero-order valence-corrected chi connectivity index (χ0v) is 35.9.